The number of aryl methyl sites for hydroxylation is 1. The smallest absolute Gasteiger partial charge is 0.209 e. The van der Waals surface area contributed by atoms with Gasteiger partial charge in [-0.3, -0.25) is 9.48 Å². The highest BCUT2D eigenvalue weighted by molar-refractivity contribution is 5.98. The molecule has 1 unspecified atom stereocenters. The van der Waals surface area contributed by atoms with E-state index in [2.05, 4.69) is 5.10 Å². The predicted octanol–water partition coefficient (Wildman–Crippen LogP) is 1.51. The first-order chi connectivity index (χ1) is 7.27. The summed E-state index contributed by atoms with van der Waals surface area (Å²) in [7, 11) is 1.60. The number of hydrogen-bond acceptors (Lipinski definition) is 3. The van der Waals surface area contributed by atoms with Crippen molar-refractivity contribution in [2.75, 3.05) is 7.11 Å². The van der Waals surface area contributed by atoms with Crippen molar-refractivity contribution in [1.29, 1.82) is 0 Å². The maximum Gasteiger partial charge on any atom is 0.209 e. The number of carbonyl (C=O) groups is 1. The van der Waals surface area contributed by atoms with E-state index in [4.69, 9.17) is 4.74 Å². The lowest BCUT2D eigenvalue weighted by molar-refractivity contribution is 0.0529. The van der Waals surface area contributed by atoms with Crippen LogP contribution in [0.1, 0.15) is 30.3 Å². The Hall–Kier alpha value is -1.16. The third kappa shape index (κ3) is 1.95. The summed E-state index contributed by atoms with van der Waals surface area (Å²) in [5.41, 5.74) is 0.663. The maximum atomic E-state index is 12.1. The molecule has 15 heavy (non-hydrogen) atoms. The molecule has 1 saturated carbocycles. The molecule has 0 aromatic carbocycles. The van der Waals surface area contributed by atoms with Crippen molar-refractivity contribution in [2.24, 2.45) is 5.92 Å². The Morgan fingerprint density at radius 3 is 3.00 bits per heavy atom. The average Bonchev–Trinajstić information content (AvgIpc) is 2.96. The molecular formula is C11H16N2O2. The summed E-state index contributed by atoms with van der Waals surface area (Å²) < 4.78 is 6.99. The van der Waals surface area contributed by atoms with E-state index in [1.165, 1.54) is 0 Å². The molecule has 82 valence electrons. The van der Waals surface area contributed by atoms with Gasteiger partial charge in [0.1, 0.15) is 11.8 Å². The van der Waals surface area contributed by atoms with Gasteiger partial charge in [-0.25, -0.2) is 0 Å². The van der Waals surface area contributed by atoms with Crippen molar-refractivity contribution in [3.05, 3.63) is 18.0 Å². The number of nitrogens with zero attached hydrogens (tertiary/aromatic N) is 2. The van der Waals surface area contributed by atoms with E-state index >= 15 is 0 Å². The van der Waals surface area contributed by atoms with Crippen molar-refractivity contribution in [1.82, 2.24) is 9.78 Å². The normalized spacial score (nSPS) is 17.7. The van der Waals surface area contributed by atoms with Crippen molar-refractivity contribution in [3.63, 3.8) is 0 Å². The van der Waals surface area contributed by atoms with E-state index in [-0.39, 0.29) is 11.9 Å². The summed E-state index contributed by atoms with van der Waals surface area (Å²) in [5.74, 6) is 0.488. The molecule has 1 aromatic heterocycles. The summed E-state index contributed by atoms with van der Waals surface area (Å²) >= 11 is 0. The van der Waals surface area contributed by atoms with Crippen LogP contribution in [0.4, 0.5) is 0 Å². The summed E-state index contributed by atoms with van der Waals surface area (Å²) in [6, 6.07) is 1.76. The fourth-order valence-corrected chi connectivity index (χ4v) is 1.85. The molecule has 1 heterocycles. The van der Waals surface area contributed by atoms with Gasteiger partial charge in [0.2, 0.25) is 5.78 Å². The van der Waals surface area contributed by atoms with Crippen LogP contribution in [0, 0.1) is 5.92 Å². The number of hydrogen-bond donors (Lipinski definition) is 0. The summed E-state index contributed by atoms with van der Waals surface area (Å²) in [5, 5.41) is 4.09. The zero-order valence-corrected chi connectivity index (χ0v) is 9.14. The molecular weight excluding hydrogens is 192 g/mol. The third-order valence-electron chi connectivity index (χ3n) is 2.83. The zero-order chi connectivity index (χ0) is 10.8. The van der Waals surface area contributed by atoms with Gasteiger partial charge in [-0.15, -0.1) is 0 Å². The highest BCUT2D eigenvalue weighted by Gasteiger charge is 2.37. The minimum Gasteiger partial charge on any atom is -0.373 e. The Morgan fingerprint density at radius 1 is 1.73 bits per heavy atom. The van der Waals surface area contributed by atoms with Gasteiger partial charge in [0.25, 0.3) is 0 Å². The molecule has 4 nitrogen and oxygen atoms in total. The largest absolute Gasteiger partial charge is 0.373 e. The Morgan fingerprint density at radius 2 is 2.47 bits per heavy atom. The van der Waals surface area contributed by atoms with E-state index in [0.29, 0.717) is 11.6 Å². The summed E-state index contributed by atoms with van der Waals surface area (Å²) in [6.45, 7) is 2.69. The van der Waals surface area contributed by atoms with Crippen LogP contribution in [0.15, 0.2) is 12.3 Å². The second-order valence-corrected chi connectivity index (χ2v) is 3.89. The molecule has 1 aliphatic rings. The van der Waals surface area contributed by atoms with Crippen molar-refractivity contribution < 1.29 is 9.53 Å². The van der Waals surface area contributed by atoms with Gasteiger partial charge in [0.15, 0.2) is 0 Å². The summed E-state index contributed by atoms with van der Waals surface area (Å²) in [4.78, 5) is 12.1. The first-order valence-corrected chi connectivity index (χ1v) is 5.36. The second-order valence-electron chi connectivity index (χ2n) is 3.89. The van der Waals surface area contributed by atoms with Crippen molar-refractivity contribution in [3.8, 4) is 0 Å². The Balaban J connectivity index is 2.18. The molecule has 0 saturated heterocycles. The molecule has 0 radical (unpaired) electrons. The molecule has 1 aromatic rings. The molecule has 1 atom stereocenters. The van der Waals surface area contributed by atoms with Gasteiger partial charge in [-0.1, -0.05) is 0 Å². The predicted molar refractivity (Wildman–Crippen MR) is 55.8 cm³/mol. The van der Waals surface area contributed by atoms with Gasteiger partial charge in [-0.05, 0) is 31.7 Å². The van der Waals surface area contributed by atoms with Gasteiger partial charge >= 0.3 is 0 Å². The van der Waals surface area contributed by atoms with Gasteiger partial charge < -0.3 is 4.74 Å². The monoisotopic (exact) mass is 208 g/mol. The maximum absolute atomic E-state index is 12.1. The third-order valence-corrected chi connectivity index (χ3v) is 2.83. The first kappa shape index (κ1) is 10.4. The van der Waals surface area contributed by atoms with Crippen LogP contribution in [0.2, 0.25) is 0 Å². The molecule has 4 heteroatoms. The van der Waals surface area contributed by atoms with Crippen LogP contribution in [-0.2, 0) is 11.3 Å². The lowest BCUT2D eigenvalue weighted by atomic mass is 10.1. The van der Waals surface area contributed by atoms with Crippen LogP contribution < -0.4 is 0 Å². The van der Waals surface area contributed by atoms with Crippen LogP contribution in [0.5, 0.6) is 0 Å². The molecule has 0 aliphatic heterocycles. The number of ether oxygens (including phenoxy) is 1. The van der Waals surface area contributed by atoms with E-state index < -0.39 is 0 Å². The second kappa shape index (κ2) is 4.14. The lowest BCUT2D eigenvalue weighted by Gasteiger charge is -2.13. The highest BCUT2D eigenvalue weighted by atomic mass is 16.5. The van der Waals surface area contributed by atoms with Gasteiger partial charge in [0, 0.05) is 19.9 Å². The lowest BCUT2D eigenvalue weighted by Crippen LogP contribution is -2.27. The highest BCUT2D eigenvalue weighted by Crippen LogP contribution is 2.35. The molecule has 1 aliphatic carbocycles. The number of carbonyl (C=O) groups excluding carboxylic acids is 1. The average molecular weight is 208 g/mol. The fraction of sp³-hybridized carbons (Fsp3) is 0.636. The molecule has 1 fully saturated rings. The number of ketones is 1. The van der Waals surface area contributed by atoms with Crippen molar-refractivity contribution >= 4 is 5.78 Å². The Labute approximate surface area is 89.2 Å². The van der Waals surface area contributed by atoms with E-state index in [1.54, 1.807) is 24.1 Å². The van der Waals surface area contributed by atoms with Crippen molar-refractivity contribution in [2.45, 2.75) is 32.4 Å². The Kier molecular flexibility index (Phi) is 2.86. The topological polar surface area (TPSA) is 44.1 Å². The molecule has 0 bridgehead atoms. The number of aromatic nitrogens is 2. The van der Waals surface area contributed by atoms with Gasteiger partial charge in [0.05, 0.1) is 0 Å². The van der Waals surface area contributed by atoms with E-state index in [1.807, 2.05) is 6.92 Å². The van der Waals surface area contributed by atoms with Gasteiger partial charge in [-0.2, -0.15) is 5.10 Å². The summed E-state index contributed by atoms with van der Waals surface area (Å²) in [6.07, 6.45) is 3.60. The minimum atomic E-state index is -0.271. The molecule has 0 spiro atoms. The molecule has 2 rings (SSSR count). The first-order valence-electron chi connectivity index (χ1n) is 5.36. The van der Waals surface area contributed by atoms with Crippen LogP contribution in [0.3, 0.4) is 0 Å². The van der Waals surface area contributed by atoms with Crippen LogP contribution in [0.25, 0.3) is 0 Å². The molecule has 0 amide bonds. The van der Waals surface area contributed by atoms with E-state index in [0.717, 1.165) is 19.4 Å². The number of rotatable bonds is 5. The fourth-order valence-electron chi connectivity index (χ4n) is 1.85. The van der Waals surface area contributed by atoms with E-state index in [9.17, 15) is 4.79 Å². The standard InChI is InChI=1S/C11H16N2O2/c1-3-13-9(6-7-12-13)10(14)11(15-2)8-4-5-8/h6-8,11H,3-5H2,1-2H3. The van der Waals surface area contributed by atoms with Crippen LogP contribution >= 0.6 is 0 Å². The molecule has 0 N–H and O–H groups in total. The quantitative estimate of drug-likeness (QED) is 0.689. The number of Topliss-reactive ketones (excluding diaryl/α,β-unsaturated/α-hetero) is 1. The van der Waals surface area contributed by atoms with Crippen LogP contribution in [-0.4, -0.2) is 28.8 Å². The SMILES string of the molecule is CCn1nccc1C(=O)C(OC)C1CC1. The minimum absolute atomic E-state index is 0.0688. The Bertz CT molecular complexity index is 355. The zero-order valence-electron chi connectivity index (χ0n) is 9.14. The number of methoxy groups -OCH3 is 1.